The first-order chi connectivity index (χ1) is 7.60. The monoisotopic (exact) mass is 218 g/mol. The number of nitrogens with zero attached hydrogens (tertiary/aromatic N) is 2. The van der Waals surface area contributed by atoms with E-state index in [9.17, 15) is 4.79 Å². The molecule has 2 aliphatic heterocycles. The van der Waals surface area contributed by atoms with E-state index in [0.29, 0.717) is 18.9 Å². The van der Waals surface area contributed by atoms with Crippen molar-refractivity contribution in [2.24, 2.45) is 0 Å². The smallest absolute Gasteiger partial charge is 0.238 e. The summed E-state index contributed by atoms with van der Waals surface area (Å²) < 4.78 is 5.64. The maximum Gasteiger partial charge on any atom is 0.238 e. The number of hydrogen-bond donors (Lipinski definition) is 0. The summed E-state index contributed by atoms with van der Waals surface area (Å²) in [6.07, 6.45) is 3.23. The minimum atomic E-state index is -0.181. The lowest BCUT2D eigenvalue weighted by molar-refractivity contribution is -0.117. The van der Waals surface area contributed by atoms with Crippen molar-refractivity contribution in [1.82, 2.24) is 4.98 Å². The molecule has 1 aromatic heterocycles. The summed E-state index contributed by atoms with van der Waals surface area (Å²) in [5, 5.41) is 0. The molecule has 0 bridgehead atoms. The first kappa shape index (κ1) is 9.63. The quantitative estimate of drug-likeness (QED) is 0.665. The van der Waals surface area contributed by atoms with Crippen LogP contribution in [0.15, 0.2) is 12.3 Å². The van der Waals surface area contributed by atoms with Gasteiger partial charge in [-0.2, -0.15) is 0 Å². The Morgan fingerprint density at radius 3 is 3.19 bits per heavy atom. The first-order valence-electron chi connectivity index (χ1n) is 5.53. The van der Waals surface area contributed by atoms with Gasteiger partial charge in [0, 0.05) is 12.6 Å². The molecular weight excluding hydrogens is 204 g/mol. The second-order valence-electron chi connectivity index (χ2n) is 4.85. The number of rotatable bonds is 0. The molecule has 4 nitrogen and oxygen atoms in total. The van der Waals surface area contributed by atoms with E-state index in [-0.39, 0.29) is 11.4 Å². The normalized spacial score (nSPS) is 27.4. The fourth-order valence-electron chi connectivity index (χ4n) is 2.50. The van der Waals surface area contributed by atoms with Gasteiger partial charge < -0.3 is 4.74 Å². The van der Waals surface area contributed by atoms with Crippen LogP contribution in [-0.2, 0) is 4.79 Å². The summed E-state index contributed by atoms with van der Waals surface area (Å²) in [6, 6.07) is 1.98. The number of aryl methyl sites for hydroxylation is 1. The van der Waals surface area contributed by atoms with Crippen LogP contribution in [0.5, 0.6) is 5.88 Å². The molecule has 1 fully saturated rings. The Balaban J connectivity index is 2.17. The van der Waals surface area contributed by atoms with Gasteiger partial charge in [0.05, 0.1) is 5.54 Å². The van der Waals surface area contributed by atoms with Gasteiger partial charge in [-0.3, -0.25) is 9.69 Å². The highest BCUT2D eigenvalue weighted by molar-refractivity contribution is 5.99. The Bertz CT molecular complexity index is 472. The lowest BCUT2D eigenvalue weighted by Crippen LogP contribution is -2.51. The molecule has 0 N–H and O–H groups in total. The highest BCUT2D eigenvalue weighted by atomic mass is 16.5. The standard InChI is InChI=1S/C12H14N2O2/c1-8-5-9-11(13-6-8)16-7-12(2)4-3-10(15)14(9)12/h5-6H,3-4,7H2,1-2H3/t12-/m0/s1. The number of anilines is 1. The average Bonchev–Trinajstić information content (AvgIpc) is 2.55. The van der Waals surface area contributed by atoms with Crippen molar-refractivity contribution >= 4 is 11.6 Å². The summed E-state index contributed by atoms with van der Waals surface area (Å²) in [5.74, 6) is 0.762. The summed E-state index contributed by atoms with van der Waals surface area (Å²) in [5.41, 5.74) is 1.70. The molecule has 2 aliphatic rings. The van der Waals surface area contributed by atoms with Crippen molar-refractivity contribution in [1.29, 1.82) is 0 Å². The Labute approximate surface area is 94.2 Å². The second kappa shape index (κ2) is 2.97. The molecule has 3 rings (SSSR count). The van der Waals surface area contributed by atoms with Crippen LogP contribution in [0.4, 0.5) is 5.69 Å². The molecule has 84 valence electrons. The summed E-state index contributed by atoms with van der Waals surface area (Å²) in [6.45, 7) is 4.59. The molecule has 0 aromatic carbocycles. The van der Waals surface area contributed by atoms with Crippen LogP contribution in [0.1, 0.15) is 25.3 Å². The van der Waals surface area contributed by atoms with E-state index in [1.54, 1.807) is 6.20 Å². The van der Waals surface area contributed by atoms with Crippen LogP contribution in [0.25, 0.3) is 0 Å². The summed E-state index contributed by atoms with van der Waals surface area (Å²) >= 11 is 0. The van der Waals surface area contributed by atoms with Gasteiger partial charge in [-0.05, 0) is 31.9 Å². The first-order valence-corrected chi connectivity index (χ1v) is 5.53. The van der Waals surface area contributed by atoms with E-state index in [1.807, 2.05) is 17.9 Å². The van der Waals surface area contributed by atoms with Gasteiger partial charge >= 0.3 is 0 Å². The molecule has 0 unspecified atom stereocenters. The number of amides is 1. The number of aromatic nitrogens is 1. The van der Waals surface area contributed by atoms with Gasteiger partial charge in [-0.15, -0.1) is 0 Å². The second-order valence-corrected chi connectivity index (χ2v) is 4.85. The Kier molecular flexibility index (Phi) is 1.79. The molecular formula is C12H14N2O2. The van der Waals surface area contributed by atoms with Crippen LogP contribution >= 0.6 is 0 Å². The molecule has 0 saturated carbocycles. The zero-order valence-corrected chi connectivity index (χ0v) is 9.49. The fraction of sp³-hybridized carbons (Fsp3) is 0.500. The van der Waals surface area contributed by atoms with Crippen LogP contribution < -0.4 is 9.64 Å². The number of pyridine rings is 1. The van der Waals surface area contributed by atoms with E-state index in [2.05, 4.69) is 11.9 Å². The molecule has 1 saturated heterocycles. The van der Waals surface area contributed by atoms with Gasteiger partial charge in [0.15, 0.2) is 0 Å². The van der Waals surface area contributed by atoms with Crippen molar-refractivity contribution in [2.75, 3.05) is 11.5 Å². The van der Waals surface area contributed by atoms with Gasteiger partial charge in [0.1, 0.15) is 12.3 Å². The number of carbonyl (C=O) groups is 1. The topological polar surface area (TPSA) is 42.4 Å². The van der Waals surface area contributed by atoms with Crippen molar-refractivity contribution in [2.45, 2.75) is 32.2 Å². The molecule has 3 heterocycles. The molecule has 16 heavy (non-hydrogen) atoms. The predicted molar refractivity (Wildman–Crippen MR) is 59.6 cm³/mol. The number of carbonyl (C=O) groups excluding carboxylic acids is 1. The van der Waals surface area contributed by atoms with Crippen molar-refractivity contribution in [3.05, 3.63) is 17.8 Å². The highest BCUT2D eigenvalue weighted by Gasteiger charge is 2.47. The van der Waals surface area contributed by atoms with Gasteiger partial charge in [0.25, 0.3) is 0 Å². The summed E-state index contributed by atoms with van der Waals surface area (Å²) in [7, 11) is 0. The fourth-order valence-corrected chi connectivity index (χ4v) is 2.50. The minimum Gasteiger partial charge on any atom is -0.474 e. The maximum atomic E-state index is 11.9. The van der Waals surface area contributed by atoms with E-state index in [0.717, 1.165) is 17.7 Å². The third-order valence-electron chi connectivity index (χ3n) is 3.40. The molecule has 0 spiro atoms. The summed E-state index contributed by atoms with van der Waals surface area (Å²) in [4.78, 5) is 18.0. The molecule has 1 aromatic rings. The van der Waals surface area contributed by atoms with E-state index in [1.165, 1.54) is 0 Å². The Morgan fingerprint density at radius 1 is 1.56 bits per heavy atom. The molecule has 4 heteroatoms. The Morgan fingerprint density at radius 2 is 2.38 bits per heavy atom. The van der Waals surface area contributed by atoms with E-state index < -0.39 is 0 Å². The number of hydrogen-bond acceptors (Lipinski definition) is 3. The number of fused-ring (bicyclic) bond motifs is 3. The van der Waals surface area contributed by atoms with Gasteiger partial charge in [-0.25, -0.2) is 4.98 Å². The van der Waals surface area contributed by atoms with Crippen molar-refractivity contribution in [3.63, 3.8) is 0 Å². The minimum absolute atomic E-state index is 0.180. The van der Waals surface area contributed by atoms with E-state index in [4.69, 9.17) is 4.74 Å². The maximum absolute atomic E-state index is 11.9. The number of ether oxygens (including phenoxy) is 1. The van der Waals surface area contributed by atoms with Crippen LogP contribution in [0, 0.1) is 6.92 Å². The van der Waals surface area contributed by atoms with Crippen LogP contribution in [0.3, 0.4) is 0 Å². The lowest BCUT2D eigenvalue weighted by Gasteiger charge is -2.39. The van der Waals surface area contributed by atoms with Crippen LogP contribution in [-0.4, -0.2) is 23.0 Å². The largest absolute Gasteiger partial charge is 0.474 e. The van der Waals surface area contributed by atoms with E-state index >= 15 is 0 Å². The molecule has 1 amide bonds. The molecule has 0 radical (unpaired) electrons. The van der Waals surface area contributed by atoms with Gasteiger partial charge in [0.2, 0.25) is 11.8 Å². The third kappa shape index (κ3) is 1.16. The lowest BCUT2D eigenvalue weighted by atomic mass is 9.98. The molecule has 0 aliphatic carbocycles. The average molecular weight is 218 g/mol. The zero-order chi connectivity index (χ0) is 11.3. The predicted octanol–water partition coefficient (Wildman–Crippen LogP) is 1.67. The van der Waals surface area contributed by atoms with Crippen molar-refractivity contribution < 1.29 is 9.53 Å². The Hall–Kier alpha value is -1.58. The third-order valence-corrected chi connectivity index (χ3v) is 3.40. The van der Waals surface area contributed by atoms with Crippen molar-refractivity contribution in [3.8, 4) is 5.88 Å². The highest BCUT2D eigenvalue weighted by Crippen LogP contribution is 2.43. The SMILES string of the molecule is Cc1cnc2c(c1)N1C(=O)CC[C@@]1(C)CO2. The van der Waals surface area contributed by atoms with Crippen LogP contribution in [0.2, 0.25) is 0 Å². The molecule has 1 atom stereocenters. The zero-order valence-electron chi connectivity index (χ0n) is 9.49. The van der Waals surface area contributed by atoms with Gasteiger partial charge in [-0.1, -0.05) is 0 Å².